The fraction of sp³-hybridized carbons (Fsp3) is 0.464. The van der Waals surface area contributed by atoms with E-state index in [9.17, 15) is 4.79 Å². The highest BCUT2D eigenvalue weighted by Crippen LogP contribution is 2.54. The average Bonchev–Trinajstić information content (AvgIpc) is 3.37. The van der Waals surface area contributed by atoms with Gasteiger partial charge in [-0.2, -0.15) is 0 Å². The third kappa shape index (κ3) is 2.77. The molecular formula is C28H30O. The first-order valence-electron chi connectivity index (χ1n) is 11.7. The van der Waals surface area contributed by atoms with Crippen LogP contribution in [0.25, 0.3) is 21.5 Å². The van der Waals surface area contributed by atoms with Crippen molar-refractivity contribution in [2.75, 3.05) is 0 Å². The van der Waals surface area contributed by atoms with Gasteiger partial charge in [0.2, 0.25) is 0 Å². The molecule has 148 valence electrons. The van der Waals surface area contributed by atoms with Gasteiger partial charge in [0.25, 0.3) is 0 Å². The first kappa shape index (κ1) is 17.7. The molecule has 2 bridgehead atoms. The Labute approximate surface area is 173 Å². The van der Waals surface area contributed by atoms with Gasteiger partial charge in [-0.15, -0.1) is 0 Å². The van der Waals surface area contributed by atoms with Crippen molar-refractivity contribution in [2.45, 2.75) is 70.1 Å². The van der Waals surface area contributed by atoms with Crippen molar-refractivity contribution < 1.29 is 4.79 Å². The second kappa shape index (κ2) is 6.69. The first-order chi connectivity index (χ1) is 14.2. The molecule has 0 heterocycles. The maximum atomic E-state index is 13.0. The van der Waals surface area contributed by atoms with Crippen molar-refractivity contribution >= 4 is 27.3 Å². The summed E-state index contributed by atoms with van der Waals surface area (Å²) < 4.78 is 0. The van der Waals surface area contributed by atoms with Gasteiger partial charge in [0.1, 0.15) is 5.78 Å². The Morgan fingerprint density at radius 3 is 2.41 bits per heavy atom. The molecule has 0 aromatic heterocycles. The smallest absolute Gasteiger partial charge is 0.140 e. The summed E-state index contributed by atoms with van der Waals surface area (Å²) in [6.07, 6.45) is 9.68. The van der Waals surface area contributed by atoms with Crippen LogP contribution in [-0.4, -0.2) is 5.78 Å². The number of carbonyl (C=O) groups excluding carboxylic acids is 1. The normalized spacial score (nSPS) is 29.2. The van der Waals surface area contributed by atoms with E-state index in [0.717, 1.165) is 31.1 Å². The molecular weight excluding hydrogens is 352 g/mol. The van der Waals surface area contributed by atoms with Gasteiger partial charge in [-0.3, -0.25) is 4.79 Å². The minimum Gasteiger partial charge on any atom is -0.299 e. The Hall–Kier alpha value is -2.15. The van der Waals surface area contributed by atoms with Crippen LogP contribution < -0.4 is 0 Å². The van der Waals surface area contributed by atoms with Gasteiger partial charge in [-0.05, 0) is 107 Å². The molecule has 4 unspecified atom stereocenters. The first-order valence-corrected chi connectivity index (χ1v) is 11.7. The van der Waals surface area contributed by atoms with Crippen LogP contribution >= 0.6 is 0 Å². The van der Waals surface area contributed by atoms with E-state index >= 15 is 0 Å². The highest BCUT2D eigenvalue weighted by Gasteiger charge is 2.41. The molecule has 3 aliphatic rings. The van der Waals surface area contributed by atoms with Gasteiger partial charge in [-0.1, -0.05) is 43.2 Å². The summed E-state index contributed by atoms with van der Waals surface area (Å²) in [5.74, 6) is 3.09. The van der Waals surface area contributed by atoms with Crippen molar-refractivity contribution in [3.05, 3.63) is 59.2 Å². The van der Waals surface area contributed by atoms with E-state index in [1.165, 1.54) is 64.8 Å². The van der Waals surface area contributed by atoms with Crippen LogP contribution in [0.4, 0.5) is 0 Å². The summed E-state index contributed by atoms with van der Waals surface area (Å²) in [4.78, 5) is 13.0. The van der Waals surface area contributed by atoms with Crippen molar-refractivity contribution in [1.29, 1.82) is 0 Å². The standard InChI is InChI=1S/C28H30O/c1-17-24(25-13-18-10-11-21(25)12-18)16-22-14-19-6-2-3-7-20(19)15-26(22)28(17)23-8-4-5-9-27(23)29/h2-3,6-7,14-16,18,21,23,25H,4-5,8-13H2,1H3. The number of benzene rings is 3. The second-order valence-electron chi connectivity index (χ2n) is 9.97. The maximum absolute atomic E-state index is 13.0. The molecule has 0 N–H and O–H groups in total. The van der Waals surface area contributed by atoms with Gasteiger partial charge in [0.05, 0.1) is 0 Å². The number of rotatable bonds is 2. The molecule has 3 aromatic carbocycles. The van der Waals surface area contributed by atoms with Crippen molar-refractivity contribution in [3.63, 3.8) is 0 Å². The molecule has 3 saturated carbocycles. The molecule has 3 fully saturated rings. The summed E-state index contributed by atoms with van der Waals surface area (Å²) in [5, 5.41) is 5.27. The third-order valence-electron chi connectivity index (χ3n) is 8.40. The minimum absolute atomic E-state index is 0.103. The predicted octanol–water partition coefficient (Wildman–Crippen LogP) is 7.43. The summed E-state index contributed by atoms with van der Waals surface area (Å²) in [6.45, 7) is 2.33. The summed E-state index contributed by atoms with van der Waals surface area (Å²) >= 11 is 0. The lowest BCUT2D eigenvalue weighted by Crippen LogP contribution is -2.20. The summed E-state index contributed by atoms with van der Waals surface area (Å²) in [5.41, 5.74) is 4.37. The predicted molar refractivity (Wildman–Crippen MR) is 121 cm³/mol. The Balaban J connectivity index is 1.61. The summed E-state index contributed by atoms with van der Waals surface area (Å²) in [7, 11) is 0. The Morgan fingerprint density at radius 1 is 0.862 bits per heavy atom. The van der Waals surface area contributed by atoms with E-state index in [1.807, 2.05) is 0 Å². The molecule has 0 radical (unpaired) electrons. The van der Waals surface area contributed by atoms with E-state index in [4.69, 9.17) is 0 Å². The van der Waals surface area contributed by atoms with Crippen LogP contribution in [-0.2, 0) is 4.79 Å². The van der Waals surface area contributed by atoms with Crippen LogP contribution in [0.5, 0.6) is 0 Å². The molecule has 1 heteroatoms. The lowest BCUT2D eigenvalue weighted by Gasteiger charge is -2.30. The number of hydrogen-bond donors (Lipinski definition) is 0. The molecule has 0 amide bonds. The van der Waals surface area contributed by atoms with Gasteiger partial charge in [-0.25, -0.2) is 0 Å². The number of hydrogen-bond acceptors (Lipinski definition) is 1. The fourth-order valence-electron chi connectivity index (χ4n) is 6.99. The Morgan fingerprint density at radius 2 is 1.69 bits per heavy atom. The quantitative estimate of drug-likeness (QED) is 0.421. The lowest BCUT2D eigenvalue weighted by molar-refractivity contribution is -0.121. The zero-order valence-electron chi connectivity index (χ0n) is 17.4. The van der Waals surface area contributed by atoms with Crippen LogP contribution in [0.2, 0.25) is 0 Å². The molecule has 3 aromatic rings. The molecule has 29 heavy (non-hydrogen) atoms. The van der Waals surface area contributed by atoms with Crippen molar-refractivity contribution in [2.24, 2.45) is 11.8 Å². The Bertz CT molecular complexity index is 1120. The van der Waals surface area contributed by atoms with E-state index in [0.29, 0.717) is 11.7 Å². The minimum atomic E-state index is 0.103. The Kier molecular flexibility index (Phi) is 4.08. The van der Waals surface area contributed by atoms with Crippen molar-refractivity contribution in [3.8, 4) is 0 Å². The van der Waals surface area contributed by atoms with E-state index in [2.05, 4.69) is 49.4 Å². The van der Waals surface area contributed by atoms with Crippen LogP contribution in [0.15, 0.2) is 42.5 Å². The molecule has 0 saturated heterocycles. The largest absolute Gasteiger partial charge is 0.299 e. The second-order valence-corrected chi connectivity index (χ2v) is 9.97. The van der Waals surface area contributed by atoms with Gasteiger partial charge in [0.15, 0.2) is 0 Å². The van der Waals surface area contributed by atoms with Gasteiger partial charge >= 0.3 is 0 Å². The monoisotopic (exact) mass is 382 g/mol. The van der Waals surface area contributed by atoms with E-state index in [1.54, 1.807) is 5.56 Å². The van der Waals surface area contributed by atoms with E-state index < -0.39 is 0 Å². The van der Waals surface area contributed by atoms with Crippen LogP contribution in [0.3, 0.4) is 0 Å². The third-order valence-corrected chi connectivity index (χ3v) is 8.40. The van der Waals surface area contributed by atoms with Crippen molar-refractivity contribution in [1.82, 2.24) is 0 Å². The lowest BCUT2D eigenvalue weighted by atomic mass is 9.74. The average molecular weight is 383 g/mol. The zero-order valence-corrected chi connectivity index (χ0v) is 17.4. The fourth-order valence-corrected chi connectivity index (χ4v) is 6.99. The molecule has 0 aliphatic heterocycles. The van der Waals surface area contributed by atoms with Gasteiger partial charge in [0, 0.05) is 12.3 Å². The highest BCUT2D eigenvalue weighted by molar-refractivity contribution is 6.03. The van der Waals surface area contributed by atoms with E-state index in [-0.39, 0.29) is 5.92 Å². The van der Waals surface area contributed by atoms with Crippen LogP contribution in [0, 0.1) is 18.8 Å². The zero-order chi connectivity index (χ0) is 19.5. The molecule has 3 aliphatic carbocycles. The van der Waals surface area contributed by atoms with Gasteiger partial charge < -0.3 is 0 Å². The SMILES string of the molecule is Cc1c(C2CC3CCC2C3)cc2cc3ccccc3cc2c1C1CCCCC1=O. The van der Waals surface area contributed by atoms with Crippen LogP contribution in [0.1, 0.15) is 79.9 Å². The number of ketones is 1. The number of Topliss-reactive ketones (excluding diaryl/α,β-unsaturated/α-hetero) is 1. The summed E-state index contributed by atoms with van der Waals surface area (Å²) in [6, 6.07) is 15.9. The maximum Gasteiger partial charge on any atom is 0.140 e. The molecule has 6 rings (SSSR count). The topological polar surface area (TPSA) is 17.1 Å². The number of fused-ring (bicyclic) bond motifs is 4. The molecule has 4 atom stereocenters. The molecule has 0 spiro atoms. The molecule has 1 nitrogen and oxygen atoms in total. The number of carbonyl (C=O) groups is 1. The highest BCUT2D eigenvalue weighted by atomic mass is 16.1.